The van der Waals surface area contributed by atoms with Gasteiger partial charge in [-0.05, 0) is 41.0 Å². The topological polar surface area (TPSA) is 13.1 Å². The van der Waals surface area contributed by atoms with Gasteiger partial charge in [0.05, 0.1) is 6.26 Å². The molecule has 2 aromatic rings. The van der Waals surface area contributed by atoms with Crippen molar-refractivity contribution < 1.29 is 4.42 Å². The van der Waals surface area contributed by atoms with Crippen LogP contribution in [0.15, 0.2) is 34.9 Å². The summed E-state index contributed by atoms with van der Waals surface area (Å²) in [6, 6.07) is 8.43. The Balaban J connectivity index is 0.000000312. The Hall–Kier alpha value is -1.24. The van der Waals surface area contributed by atoms with E-state index in [9.17, 15) is 0 Å². The van der Waals surface area contributed by atoms with Crippen molar-refractivity contribution in [2.75, 3.05) is 0 Å². The van der Waals surface area contributed by atoms with Crippen molar-refractivity contribution in [3.63, 3.8) is 0 Å². The van der Waals surface area contributed by atoms with Crippen LogP contribution in [0.5, 0.6) is 0 Å². The van der Waals surface area contributed by atoms with Crippen LogP contribution in [0, 0.1) is 10.8 Å². The third kappa shape index (κ3) is 7.05. The molecular formula is C18H28O. The maximum atomic E-state index is 5.30. The first-order valence-electron chi connectivity index (χ1n) is 7.01. The molecule has 1 aromatic heterocycles. The number of furan rings is 1. The smallest absolute Gasteiger partial charge is 0.133 e. The summed E-state index contributed by atoms with van der Waals surface area (Å²) in [5.74, 6) is 0. The van der Waals surface area contributed by atoms with Crippen LogP contribution in [0.25, 0.3) is 11.0 Å². The van der Waals surface area contributed by atoms with Crippen LogP contribution >= 0.6 is 0 Å². The van der Waals surface area contributed by atoms with Crippen molar-refractivity contribution in [2.24, 2.45) is 10.8 Å². The molecule has 0 amide bonds. The van der Waals surface area contributed by atoms with Crippen LogP contribution in [0.2, 0.25) is 0 Å². The third-order valence-electron chi connectivity index (χ3n) is 2.25. The molecule has 1 nitrogen and oxygen atoms in total. The van der Waals surface area contributed by atoms with Crippen LogP contribution in [-0.2, 0) is 6.42 Å². The van der Waals surface area contributed by atoms with E-state index in [-0.39, 0.29) is 0 Å². The first-order chi connectivity index (χ1) is 8.54. The van der Waals surface area contributed by atoms with Crippen LogP contribution in [0.1, 0.15) is 54.0 Å². The van der Waals surface area contributed by atoms with Gasteiger partial charge >= 0.3 is 0 Å². The molecule has 0 spiro atoms. The van der Waals surface area contributed by atoms with Crippen molar-refractivity contribution in [1.29, 1.82) is 0 Å². The van der Waals surface area contributed by atoms with Gasteiger partial charge in [-0.15, -0.1) is 0 Å². The molecule has 106 valence electrons. The molecule has 0 aliphatic rings. The summed E-state index contributed by atoms with van der Waals surface area (Å²) in [6.45, 7) is 15.5. The Morgan fingerprint density at radius 3 is 2.00 bits per heavy atom. The van der Waals surface area contributed by atoms with Crippen LogP contribution < -0.4 is 0 Å². The van der Waals surface area contributed by atoms with Gasteiger partial charge < -0.3 is 4.42 Å². The summed E-state index contributed by atoms with van der Waals surface area (Å²) in [5, 5.41) is 1.20. The number of hydrogen-bond donors (Lipinski definition) is 0. The summed E-state index contributed by atoms with van der Waals surface area (Å²) in [7, 11) is 0. The predicted octanol–water partition coefficient (Wildman–Crippen LogP) is 6.07. The first-order valence-corrected chi connectivity index (χ1v) is 7.01. The molecule has 0 N–H and O–H groups in total. The van der Waals surface area contributed by atoms with Crippen molar-refractivity contribution in [3.05, 3.63) is 36.1 Å². The van der Waals surface area contributed by atoms with E-state index in [0.717, 1.165) is 12.0 Å². The molecule has 2 rings (SSSR count). The second-order valence-electron chi connectivity index (χ2n) is 8.03. The van der Waals surface area contributed by atoms with Crippen LogP contribution in [-0.4, -0.2) is 0 Å². The SMILES string of the molecule is CC(C)(C)C.CC(C)(C)Cc1ccc2occc2c1. The van der Waals surface area contributed by atoms with Crippen molar-refractivity contribution in [2.45, 2.75) is 54.9 Å². The Labute approximate surface area is 118 Å². The molecule has 0 saturated carbocycles. The highest BCUT2D eigenvalue weighted by Crippen LogP contribution is 2.24. The second kappa shape index (κ2) is 5.81. The van der Waals surface area contributed by atoms with E-state index in [4.69, 9.17) is 4.42 Å². The maximum Gasteiger partial charge on any atom is 0.133 e. The van der Waals surface area contributed by atoms with Gasteiger partial charge in [-0.3, -0.25) is 0 Å². The summed E-state index contributed by atoms with van der Waals surface area (Å²) in [6.07, 6.45) is 2.85. The molecule has 0 aliphatic heterocycles. The fraction of sp³-hybridized carbons (Fsp3) is 0.556. The van der Waals surface area contributed by atoms with Gasteiger partial charge in [0, 0.05) is 5.39 Å². The predicted molar refractivity (Wildman–Crippen MR) is 84.5 cm³/mol. The van der Waals surface area contributed by atoms with Crippen molar-refractivity contribution in [3.8, 4) is 0 Å². The molecule has 0 bridgehead atoms. The van der Waals surface area contributed by atoms with E-state index in [1.807, 2.05) is 6.07 Å². The highest BCUT2D eigenvalue weighted by atomic mass is 16.3. The number of benzene rings is 1. The second-order valence-corrected chi connectivity index (χ2v) is 8.03. The van der Waals surface area contributed by atoms with E-state index >= 15 is 0 Å². The summed E-state index contributed by atoms with van der Waals surface area (Å²) < 4.78 is 5.30. The zero-order valence-electron chi connectivity index (χ0n) is 13.5. The molecule has 0 saturated heterocycles. The monoisotopic (exact) mass is 260 g/mol. The molecular weight excluding hydrogens is 232 g/mol. The fourth-order valence-corrected chi connectivity index (χ4v) is 1.74. The normalized spacial score (nSPS) is 12.2. The van der Waals surface area contributed by atoms with Gasteiger partial charge in [-0.25, -0.2) is 0 Å². The third-order valence-corrected chi connectivity index (χ3v) is 2.25. The fourth-order valence-electron chi connectivity index (χ4n) is 1.74. The van der Waals surface area contributed by atoms with Gasteiger partial charge in [-0.2, -0.15) is 0 Å². The quantitative estimate of drug-likeness (QED) is 0.606. The molecule has 1 heteroatoms. The molecule has 0 atom stereocenters. The zero-order chi connectivity index (χ0) is 14.7. The standard InChI is InChI=1S/C13H16O.C5H12/c1-13(2,3)9-10-4-5-12-11(8-10)6-7-14-12;1-5(2,3)4/h4-8H,9H2,1-3H3;1-4H3. The van der Waals surface area contributed by atoms with Gasteiger partial charge in [0.15, 0.2) is 0 Å². The maximum absolute atomic E-state index is 5.30. The average molecular weight is 260 g/mol. The van der Waals surface area contributed by atoms with E-state index in [0.29, 0.717) is 10.8 Å². The van der Waals surface area contributed by atoms with Gasteiger partial charge in [0.25, 0.3) is 0 Å². The lowest BCUT2D eigenvalue weighted by Crippen LogP contribution is -2.08. The Kier molecular flexibility index (Phi) is 4.84. The Bertz CT molecular complexity index is 500. The summed E-state index contributed by atoms with van der Waals surface area (Å²) in [5.41, 5.74) is 3.20. The van der Waals surface area contributed by atoms with E-state index in [1.54, 1.807) is 6.26 Å². The van der Waals surface area contributed by atoms with E-state index < -0.39 is 0 Å². The molecule has 19 heavy (non-hydrogen) atoms. The lowest BCUT2D eigenvalue weighted by Gasteiger charge is -2.17. The highest BCUT2D eigenvalue weighted by molar-refractivity contribution is 5.77. The molecule has 0 aliphatic carbocycles. The van der Waals surface area contributed by atoms with Crippen molar-refractivity contribution in [1.82, 2.24) is 0 Å². The first kappa shape index (κ1) is 15.8. The molecule has 1 aromatic carbocycles. The average Bonchev–Trinajstić information content (AvgIpc) is 2.58. The van der Waals surface area contributed by atoms with Gasteiger partial charge in [0.1, 0.15) is 5.58 Å². The lowest BCUT2D eigenvalue weighted by molar-refractivity contribution is 0.411. The zero-order valence-corrected chi connectivity index (χ0v) is 13.5. The minimum atomic E-state index is 0.345. The number of hydrogen-bond acceptors (Lipinski definition) is 1. The largest absolute Gasteiger partial charge is 0.464 e. The number of fused-ring (bicyclic) bond motifs is 1. The Morgan fingerprint density at radius 2 is 1.47 bits per heavy atom. The lowest BCUT2D eigenvalue weighted by atomic mass is 9.88. The minimum Gasteiger partial charge on any atom is -0.464 e. The van der Waals surface area contributed by atoms with Crippen molar-refractivity contribution >= 4 is 11.0 Å². The van der Waals surface area contributed by atoms with Gasteiger partial charge in [-0.1, -0.05) is 54.5 Å². The molecule has 0 fully saturated rings. The molecule has 0 radical (unpaired) electrons. The summed E-state index contributed by atoms with van der Waals surface area (Å²) in [4.78, 5) is 0. The van der Waals surface area contributed by atoms with E-state index in [1.165, 1.54) is 10.9 Å². The van der Waals surface area contributed by atoms with E-state index in [2.05, 4.69) is 66.7 Å². The van der Waals surface area contributed by atoms with Crippen LogP contribution in [0.4, 0.5) is 0 Å². The molecule has 1 heterocycles. The van der Waals surface area contributed by atoms with Crippen LogP contribution in [0.3, 0.4) is 0 Å². The molecule has 0 unspecified atom stereocenters. The Morgan fingerprint density at radius 1 is 0.895 bits per heavy atom. The highest BCUT2D eigenvalue weighted by Gasteiger charge is 2.11. The van der Waals surface area contributed by atoms with Gasteiger partial charge in [0.2, 0.25) is 0 Å². The number of rotatable bonds is 1. The minimum absolute atomic E-state index is 0.345. The summed E-state index contributed by atoms with van der Waals surface area (Å²) >= 11 is 0.